The maximum absolute atomic E-state index is 13.2. The standard InChI is InChI=1S/C25H25ClN2O4/c1-5-10-28-21(17-13-27(3)19-9-7-6-8-15(17)19)20(23(30)25(28)31)22(29)16-11-14(2)12-18(26)24(16)32-4/h6-9,11-13,21,29H,5,10H2,1-4H3/b22-20+. The summed E-state index contributed by atoms with van der Waals surface area (Å²) in [4.78, 5) is 27.8. The molecule has 1 atom stereocenters. The normalized spacial score (nSPS) is 18.0. The maximum atomic E-state index is 13.2. The highest BCUT2D eigenvalue weighted by atomic mass is 35.5. The van der Waals surface area contributed by atoms with Gasteiger partial charge in [-0.2, -0.15) is 0 Å². The molecule has 1 aliphatic rings. The molecular formula is C25H25ClN2O4. The number of ketones is 1. The van der Waals surface area contributed by atoms with Crippen LogP contribution in [0.2, 0.25) is 5.02 Å². The molecule has 0 spiro atoms. The van der Waals surface area contributed by atoms with Crippen molar-refractivity contribution < 1.29 is 19.4 Å². The first-order valence-corrected chi connectivity index (χ1v) is 10.8. The lowest BCUT2D eigenvalue weighted by molar-refractivity contribution is -0.139. The van der Waals surface area contributed by atoms with Crippen LogP contribution >= 0.6 is 11.6 Å². The summed E-state index contributed by atoms with van der Waals surface area (Å²) in [5.41, 5.74) is 2.88. The molecule has 3 aromatic rings. The first-order chi connectivity index (χ1) is 15.3. The van der Waals surface area contributed by atoms with Crippen molar-refractivity contribution in [2.24, 2.45) is 7.05 Å². The lowest BCUT2D eigenvalue weighted by atomic mass is 9.94. The number of likely N-dealkylation sites (tertiary alicyclic amines) is 1. The second kappa shape index (κ2) is 8.36. The number of aryl methyl sites for hydroxylation is 2. The number of amides is 1. The Balaban J connectivity index is 2.03. The third kappa shape index (κ3) is 3.35. The molecule has 0 saturated carbocycles. The van der Waals surface area contributed by atoms with E-state index in [4.69, 9.17) is 16.3 Å². The summed E-state index contributed by atoms with van der Waals surface area (Å²) in [6.45, 7) is 4.17. The van der Waals surface area contributed by atoms with E-state index in [2.05, 4.69) is 0 Å². The summed E-state index contributed by atoms with van der Waals surface area (Å²) >= 11 is 6.34. The van der Waals surface area contributed by atoms with E-state index in [1.54, 1.807) is 17.0 Å². The van der Waals surface area contributed by atoms with E-state index in [1.165, 1.54) is 7.11 Å². The van der Waals surface area contributed by atoms with Gasteiger partial charge in [0.05, 0.1) is 29.3 Å². The maximum Gasteiger partial charge on any atom is 0.295 e. The van der Waals surface area contributed by atoms with Crippen LogP contribution in [0.3, 0.4) is 0 Å². The van der Waals surface area contributed by atoms with Gasteiger partial charge < -0.3 is 19.3 Å². The number of Topliss-reactive ketones (excluding diaryl/α,β-unsaturated/α-hetero) is 1. The van der Waals surface area contributed by atoms with Gasteiger partial charge in [-0.15, -0.1) is 0 Å². The van der Waals surface area contributed by atoms with Crippen LogP contribution in [0.25, 0.3) is 16.7 Å². The van der Waals surface area contributed by atoms with E-state index in [0.29, 0.717) is 18.0 Å². The minimum Gasteiger partial charge on any atom is -0.507 e. The van der Waals surface area contributed by atoms with Gasteiger partial charge >= 0.3 is 0 Å². The van der Waals surface area contributed by atoms with Crippen molar-refractivity contribution in [3.8, 4) is 5.75 Å². The Bertz CT molecular complexity index is 1270. The molecule has 2 heterocycles. The summed E-state index contributed by atoms with van der Waals surface area (Å²) < 4.78 is 7.38. The Morgan fingerprint density at radius 3 is 2.62 bits per heavy atom. The number of aromatic nitrogens is 1. The average molecular weight is 453 g/mol. The van der Waals surface area contributed by atoms with Gasteiger partial charge in [-0.25, -0.2) is 0 Å². The highest BCUT2D eigenvalue weighted by molar-refractivity contribution is 6.46. The largest absolute Gasteiger partial charge is 0.507 e. The first kappa shape index (κ1) is 22.0. The predicted molar refractivity (Wildman–Crippen MR) is 125 cm³/mol. The second-order valence-corrected chi connectivity index (χ2v) is 8.44. The number of ether oxygens (including phenoxy) is 1. The number of rotatable bonds is 5. The third-order valence-corrected chi connectivity index (χ3v) is 6.15. The van der Waals surface area contributed by atoms with Crippen molar-refractivity contribution in [2.75, 3.05) is 13.7 Å². The van der Waals surface area contributed by atoms with Crippen molar-refractivity contribution in [2.45, 2.75) is 26.3 Å². The van der Waals surface area contributed by atoms with Gasteiger partial charge in [0.15, 0.2) is 0 Å². The number of carbonyl (C=O) groups excluding carboxylic acids is 2. The van der Waals surface area contributed by atoms with Gasteiger partial charge in [0.25, 0.3) is 11.7 Å². The summed E-state index contributed by atoms with van der Waals surface area (Å²) in [6.07, 6.45) is 2.59. The van der Waals surface area contributed by atoms with Crippen molar-refractivity contribution >= 4 is 40.0 Å². The zero-order valence-corrected chi connectivity index (χ0v) is 19.2. The fourth-order valence-corrected chi connectivity index (χ4v) is 4.87. The van der Waals surface area contributed by atoms with E-state index < -0.39 is 17.7 Å². The van der Waals surface area contributed by atoms with Crippen LogP contribution in [0.15, 0.2) is 48.2 Å². The molecule has 7 heteroatoms. The Morgan fingerprint density at radius 1 is 1.22 bits per heavy atom. The number of nitrogens with zero attached hydrogens (tertiary/aromatic N) is 2. The molecule has 1 aromatic heterocycles. The van der Waals surface area contributed by atoms with Crippen LogP contribution in [0, 0.1) is 6.92 Å². The summed E-state index contributed by atoms with van der Waals surface area (Å²) in [6, 6.07) is 10.5. The summed E-state index contributed by atoms with van der Waals surface area (Å²) in [7, 11) is 3.37. The molecule has 1 N–H and O–H groups in total. The smallest absolute Gasteiger partial charge is 0.295 e. The van der Waals surface area contributed by atoms with Crippen LogP contribution in [-0.4, -0.2) is 39.9 Å². The lowest BCUT2D eigenvalue weighted by Gasteiger charge is -2.24. The van der Waals surface area contributed by atoms with Crippen molar-refractivity contribution in [3.05, 3.63) is 69.9 Å². The Morgan fingerprint density at radius 2 is 1.94 bits per heavy atom. The number of methoxy groups -OCH3 is 1. The predicted octanol–water partition coefficient (Wildman–Crippen LogP) is 4.98. The van der Waals surface area contributed by atoms with Gasteiger partial charge in [0.1, 0.15) is 11.5 Å². The van der Waals surface area contributed by atoms with Gasteiger partial charge in [-0.3, -0.25) is 9.59 Å². The number of benzene rings is 2. The molecule has 4 rings (SSSR count). The monoisotopic (exact) mass is 452 g/mol. The average Bonchev–Trinajstić information content (AvgIpc) is 3.22. The fraction of sp³-hybridized carbons (Fsp3) is 0.280. The van der Waals surface area contributed by atoms with Crippen molar-refractivity contribution in [3.63, 3.8) is 0 Å². The van der Waals surface area contributed by atoms with Crippen molar-refractivity contribution in [1.82, 2.24) is 9.47 Å². The molecule has 2 aromatic carbocycles. The number of para-hydroxylation sites is 1. The molecule has 6 nitrogen and oxygen atoms in total. The van der Waals surface area contributed by atoms with Crippen LogP contribution in [0.5, 0.6) is 5.75 Å². The van der Waals surface area contributed by atoms with E-state index in [0.717, 1.165) is 22.0 Å². The highest BCUT2D eigenvalue weighted by Gasteiger charge is 2.47. The molecule has 0 radical (unpaired) electrons. The van der Waals surface area contributed by atoms with Gasteiger partial charge in [0, 0.05) is 36.3 Å². The third-order valence-electron chi connectivity index (χ3n) is 5.87. The molecule has 0 aliphatic carbocycles. The number of halogens is 1. The second-order valence-electron chi connectivity index (χ2n) is 8.03. The van der Waals surface area contributed by atoms with E-state index in [-0.39, 0.29) is 22.6 Å². The van der Waals surface area contributed by atoms with Crippen molar-refractivity contribution in [1.29, 1.82) is 0 Å². The minimum atomic E-state index is -0.718. The number of fused-ring (bicyclic) bond motifs is 1. The van der Waals surface area contributed by atoms with Crippen LogP contribution in [-0.2, 0) is 16.6 Å². The SMILES string of the molecule is CCCN1C(=O)C(=O)/C(=C(/O)c2cc(C)cc(Cl)c2OC)C1c1cn(C)c2ccccc12. The molecular weight excluding hydrogens is 428 g/mol. The number of aliphatic hydroxyl groups excluding tert-OH is 1. The van der Waals surface area contributed by atoms with Crippen LogP contribution in [0.4, 0.5) is 0 Å². The molecule has 1 unspecified atom stereocenters. The van der Waals surface area contributed by atoms with Crippen LogP contribution < -0.4 is 4.74 Å². The van der Waals surface area contributed by atoms with E-state index in [1.807, 2.05) is 55.9 Å². The quantitative estimate of drug-likeness (QED) is 0.336. The van der Waals surface area contributed by atoms with Gasteiger partial charge in [-0.05, 0) is 37.1 Å². The minimum absolute atomic E-state index is 0.0415. The Hall–Kier alpha value is -3.25. The van der Waals surface area contributed by atoms with E-state index >= 15 is 0 Å². The molecule has 1 saturated heterocycles. The van der Waals surface area contributed by atoms with Crippen LogP contribution in [0.1, 0.15) is 36.1 Å². The first-order valence-electron chi connectivity index (χ1n) is 10.5. The molecule has 1 fully saturated rings. The molecule has 166 valence electrons. The summed E-state index contributed by atoms with van der Waals surface area (Å²) in [5.74, 6) is -1.37. The number of carbonyl (C=O) groups is 2. The van der Waals surface area contributed by atoms with Gasteiger partial charge in [0.2, 0.25) is 0 Å². The molecule has 1 amide bonds. The summed E-state index contributed by atoms with van der Waals surface area (Å²) in [5, 5.41) is 12.6. The van der Waals surface area contributed by atoms with Gasteiger partial charge in [-0.1, -0.05) is 36.7 Å². The topological polar surface area (TPSA) is 71.8 Å². The number of hydrogen-bond donors (Lipinski definition) is 1. The lowest BCUT2D eigenvalue weighted by Crippen LogP contribution is -2.30. The van der Waals surface area contributed by atoms with E-state index in [9.17, 15) is 14.7 Å². The fourth-order valence-electron chi connectivity index (χ4n) is 4.52. The number of hydrogen-bond acceptors (Lipinski definition) is 4. The Labute approximate surface area is 191 Å². The molecule has 0 bridgehead atoms. The Kier molecular flexibility index (Phi) is 5.73. The molecule has 32 heavy (non-hydrogen) atoms. The zero-order chi connectivity index (χ0) is 23.2. The highest BCUT2D eigenvalue weighted by Crippen LogP contribution is 2.44. The zero-order valence-electron chi connectivity index (χ0n) is 18.5. The number of aliphatic hydroxyl groups is 1. The molecule has 1 aliphatic heterocycles.